The molecule has 1 aliphatic carbocycles. The molecule has 4 rings (SSSR count). The summed E-state index contributed by atoms with van der Waals surface area (Å²) in [7, 11) is 0. The molecule has 0 radical (unpaired) electrons. The van der Waals surface area contributed by atoms with E-state index in [2.05, 4.69) is 40.5 Å². The van der Waals surface area contributed by atoms with Crippen LogP contribution in [-0.2, 0) is 4.79 Å². The molecule has 3 atom stereocenters. The van der Waals surface area contributed by atoms with Crippen LogP contribution in [0.4, 0.5) is 0 Å². The van der Waals surface area contributed by atoms with Crippen molar-refractivity contribution in [1.29, 1.82) is 0 Å². The van der Waals surface area contributed by atoms with E-state index in [1.807, 2.05) is 0 Å². The van der Waals surface area contributed by atoms with Crippen LogP contribution in [0.3, 0.4) is 0 Å². The molecule has 3 nitrogen and oxygen atoms in total. The summed E-state index contributed by atoms with van der Waals surface area (Å²) in [4.78, 5) is 15.7. The molecule has 0 bridgehead atoms. The lowest BCUT2D eigenvalue weighted by Gasteiger charge is -2.42. The zero-order chi connectivity index (χ0) is 15.6. The third kappa shape index (κ3) is 3.22. The summed E-state index contributed by atoms with van der Waals surface area (Å²) in [5, 5.41) is 3.45. The predicted octanol–water partition coefficient (Wildman–Crippen LogP) is 2.97. The Kier molecular flexibility index (Phi) is 4.50. The smallest absolute Gasteiger partial charge is 0.153 e. The molecule has 1 N–H and O–H groups in total. The van der Waals surface area contributed by atoms with E-state index in [4.69, 9.17) is 0 Å². The van der Waals surface area contributed by atoms with Gasteiger partial charge in [0.1, 0.15) is 0 Å². The summed E-state index contributed by atoms with van der Waals surface area (Å²) >= 11 is 0. The quantitative estimate of drug-likeness (QED) is 0.928. The van der Waals surface area contributed by atoms with E-state index in [1.165, 1.54) is 31.2 Å². The van der Waals surface area contributed by atoms with Gasteiger partial charge in [0.05, 0.1) is 6.04 Å². The van der Waals surface area contributed by atoms with Crippen molar-refractivity contribution in [1.82, 2.24) is 10.2 Å². The minimum absolute atomic E-state index is 0.200. The highest BCUT2D eigenvalue weighted by molar-refractivity contribution is 5.90. The van der Waals surface area contributed by atoms with E-state index in [0.29, 0.717) is 17.7 Å². The average Bonchev–Trinajstić information content (AvgIpc) is 3.43. The van der Waals surface area contributed by atoms with Gasteiger partial charge in [0.25, 0.3) is 0 Å². The van der Waals surface area contributed by atoms with Crippen LogP contribution >= 0.6 is 0 Å². The molecule has 124 valence electrons. The first-order chi connectivity index (χ1) is 11.3. The summed E-state index contributed by atoms with van der Waals surface area (Å²) in [6.45, 7) is 3.35. The number of rotatable bonds is 4. The maximum absolute atomic E-state index is 13.1. The Hall–Kier alpha value is -1.19. The average molecular weight is 312 g/mol. The van der Waals surface area contributed by atoms with Crippen LogP contribution in [-0.4, -0.2) is 42.4 Å². The third-order valence-corrected chi connectivity index (χ3v) is 6.03. The van der Waals surface area contributed by atoms with E-state index < -0.39 is 0 Å². The fourth-order valence-electron chi connectivity index (χ4n) is 4.66. The van der Waals surface area contributed by atoms with Crippen molar-refractivity contribution in [3.05, 3.63) is 35.9 Å². The van der Waals surface area contributed by atoms with Gasteiger partial charge < -0.3 is 5.32 Å². The fourth-order valence-corrected chi connectivity index (χ4v) is 4.66. The van der Waals surface area contributed by atoms with Gasteiger partial charge in [0.2, 0.25) is 0 Å². The van der Waals surface area contributed by atoms with Gasteiger partial charge in [-0.1, -0.05) is 36.8 Å². The van der Waals surface area contributed by atoms with Crippen LogP contribution in [0.1, 0.15) is 50.0 Å². The van der Waals surface area contributed by atoms with Crippen molar-refractivity contribution in [3.8, 4) is 0 Å². The minimum Gasteiger partial charge on any atom is -0.317 e. The predicted molar refractivity (Wildman–Crippen MR) is 92.5 cm³/mol. The van der Waals surface area contributed by atoms with Crippen molar-refractivity contribution in [3.63, 3.8) is 0 Å². The standard InChI is InChI=1S/C20H28N2O/c23-20(18-14-17(18)15-6-2-1-3-7-15)19-8-4-5-13-22(19)16-9-11-21-12-10-16/h1-3,6-7,16-19,21H,4-5,8-14H2/t17-,18+,19+/m0/s1. The Morgan fingerprint density at radius 1 is 1.04 bits per heavy atom. The first-order valence-electron chi connectivity index (χ1n) is 9.40. The zero-order valence-corrected chi connectivity index (χ0v) is 13.9. The molecule has 0 unspecified atom stereocenters. The number of carbonyl (C=O) groups is 1. The number of hydrogen-bond donors (Lipinski definition) is 1. The van der Waals surface area contributed by atoms with Gasteiger partial charge in [0.15, 0.2) is 5.78 Å². The lowest BCUT2D eigenvalue weighted by Crippen LogP contribution is -2.53. The second kappa shape index (κ2) is 6.74. The fraction of sp³-hybridized carbons (Fsp3) is 0.650. The third-order valence-electron chi connectivity index (χ3n) is 6.03. The number of likely N-dealkylation sites (tertiary alicyclic amines) is 1. The van der Waals surface area contributed by atoms with Gasteiger partial charge in [-0.2, -0.15) is 0 Å². The lowest BCUT2D eigenvalue weighted by atomic mass is 9.91. The molecule has 0 amide bonds. The van der Waals surface area contributed by atoms with E-state index >= 15 is 0 Å². The highest BCUT2D eigenvalue weighted by Gasteiger charge is 2.48. The molecule has 1 aromatic rings. The normalized spacial score (nSPS) is 32.6. The van der Waals surface area contributed by atoms with Crippen molar-refractivity contribution >= 4 is 5.78 Å². The second-order valence-electron chi connectivity index (χ2n) is 7.49. The molecule has 23 heavy (non-hydrogen) atoms. The van der Waals surface area contributed by atoms with Gasteiger partial charge in [-0.05, 0) is 63.2 Å². The molecule has 3 aliphatic rings. The molecular weight excluding hydrogens is 284 g/mol. The van der Waals surface area contributed by atoms with Gasteiger partial charge in [-0.15, -0.1) is 0 Å². The molecule has 1 saturated carbocycles. The van der Waals surface area contributed by atoms with Crippen molar-refractivity contribution in [2.75, 3.05) is 19.6 Å². The molecule has 3 fully saturated rings. The molecule has 1 aromatic carbocycles. The van der Waals surface area contributed by atoms with Crippen LogP contribution < -0.4 is 5.32 Å². The highest BCUT2D eigenvalue weighted by Crippen LogP contribution is 2.49. The second-order valence-corrected chi connectivity index (χ2v) is 7.49. The molecular formula is C20H28N2O. The monoisotopic (exact) mass is 312 g/mol. The Bertz CT molecular complexity index is 538. The highest BCUT2D eigenvalue weighted by atomic mass is 16.1. The SMILES string of the molecule is O=C([C@H]1CCCCN1C1CCNCC1)[C@@H]1C[C@H]1c1ccccc1. The molecule has 2 aliphatic heterocycles. The summed E-state index contributed by atoms with van der Waals surface area (Å²) in [6.07, 6.45) is 7.05. The van der Waals surface area contributed by atoms with Gasteiger partial charge in [0, 0.05) is 12.0 Å². The Labute approximate surface area is 139 Å². The summed E-state index contributed by atoms with van der Waals surface area (Å²) in [5.41, 5.74) is 1.36. The number of nitrogens with one attached hydrogen (secondary N) is 1. The topological polar surface area (TPSA) is 32.3 Å². The molecule has 0 spiro atoms. The van der Waals surface area contributed by atoms with Crippen LogP contribution in [0.5, 0.6) is 0 Å². The number of Topliss-reactive ketones (excluding diaryl/α,β-unsaturated/α-hetero) is 1. The Morgan fingerprint density at radius 3 is 2.61 bits per heavy atom. The molecule has 2 heterocycles. The number of piperidine rings is 2. The van der Waals surface area contributed by atoms with Gasteiger partial charge in [-0.25, -0.2) is 0 Å². The zero-order valence-electron chi connectivity index (χ0n) is 13.9. The first-order valence-corrected chi connectivity index (χ1v) is 9.40. The van der Waals surface area contributed by atoms with Crippen molar-refractivity contribution in [2.45, 2.75) is 56.5 Å². The largest absolute Gasteiger partial charge is 0.317 e. The molecule has 3 heteroatoms. The Balaban J connectivity index is 1.44. The van der Waals surface area contributed by atoms with Crippen LogP contribution in [0.15, 0.2) is 30.3 Å². The van der Waals surface area contributed by atoms with E-state index in [1.54, 1.807) is 0 Å². The maximum atomic E-state index is 13.1. The van der Waals surface area contributed by atoms with E-state index in [9.17, 15) is 4.79 Å². The van der Waals surface area contributed by atoms with Gasteiger partial charge in [-0.3, -0.25) is 9.69 Å². The number of hydrogen-bond acceptors (Lipinski definition) is 3. The molecule has 2 saturated heterocycles. The number of nitrogens with zero attached hydrogens (tertiary/aromatic N) is 1. The van der Waals surface area contributed by atoms with Gasteiger partial charge >= 0.3 is 0 Å². The van der Waals surface area contributed by atoms with Crippen molar-refractivity contribution in [2.24, 2.45) is 5.92 Å². The summed E-state index contributed by atoms with van der Waals surface area (Å²) in [5.74, 6) is 1.31. The number of benzene rings is 1. The van der Waals surface area contributed by atoms with Crippen LogP contribution in [0.25, 0.3) is 0 Å². The Morgan fingerprint density at radius 2 is 1.83 bits per heavy atom. The van der Waals surface area contributed by atoms with E-state index in [0.717, 1.165) is 32.5 Å². The number of carbonyl (C=O) groups excluding carboxylic acids is 1. The summed E-state index contributed by atoms with van der Waals surface area (Å²) < 4.78 is 0. The van der Waals surface area contributed by atoms with E-state index in [-0.39, 0.29) is 12.0 Å². The number of ketones is 1. The lowest BCUT2D eigenvalue weighted by molar-refractivity contribution is -0.128. The summed E-state index contributed by atoms with van der Waals surface area (Å²) in [6, 6.07) is 11.4. The maximum Gasteiger partial charge on any atom is 0.153 e. The van der Waals surface area contributed by atoms with Crippen molar-refractivity contribution < 1.29 is 4.79 Å². The molecule has 0 aromatic heterocycles. The van der Waals surface area contributed by atoms with Crippen LogP contribution in [0, 0.1) is 5.92 Å². The van der Waals surface area contributed by atoms with Crippen LogP contribution in [0.2, 0.25) is 0 Å². The minimum atomic E-state index is 0.200. The first kappa shape index (κ1) is 15.3.